The monoisotopic (exact) mass is 294 g/mol. The van der Waals surface area contributed by atoms with Crippen LogP contribution in [0.5, 0.6) is 0 Å². The van der Waals surface area contributed by atoms with Crippen LogP contribution < -0.4 is 0 Å². The first-order valence-corrected chi connectivity index (χ1v) is 6.67. The van der Waals surface area contributed by atoms with E-state index in [1.165, 1.54) is 16.7 Å². The maximum atomic E-state index is 5.98. The van der Waals surface area contributed by atoms with E-state index in [0.717, 1.165) is 16.8 Å². The highest BCUT2D eigenvalue weighted by Gasteiger charge is 2.02. The number of hydrogen-bond donors (Lipinski definition) is 0. The second kappa shape index (κ2) is 5.51. The minimum absolute atomic E-state index is 0.800. The molecule has 0 heterocycles. The van der Waals surface area contributed by atoms with E-state index in [1.54, 1.807) is 0 Å². The van der Waals surface area contributed by atoms with Crippen LogP contribution in [0.15, 0.2) is 48.5 Å². The lowest BCUT2D eigenvalue weighted by molar-refractivity contribution is 1.15. The Morgan fingerprint density at radius 1 is 0.938 bits per heavy atom. The van der Waals surface area contributed by atoms with Crippen LogP contribution in [0.4, 0.5) is 0 Å². The van der Waals surface area contributed by atoms with E-state index in [0.29, 0.717) is 0 Å². The minimum Gasteiger partial charge on any atom is -0.0876 e. The van der Waals surface area contributed by atoms with E-state index in [1.807, 2.05) is 18.2 Å². The summed E-state index contributed by atoms with van der Waals surface area (Å²) in [6, 6.07) is 16.5. The van der Waals surface area contributed by atoms with Gasteiger partial charge in [0.1, 0.15) is 0 Å². The van der Waals surface area contributed by atoms with Crippen LogP contribution >= 0.6 is 27.5 Å². The first-order chi connectivity index (χ1) is 7.79. The van der Waals surface area contributed by atoms with Crippen molar-refractivity contribution in [1.29, 1.82) is 0 Å². The normalized spacial score (nSPS) is 10.4. The van der Waals surface area contributed by atoms with Crippen molar-refractivity contribution in [2.45, 2.75) is 11.8 Å². The van der Waals surface area contributed by atoms with E-state index < -0.39 is 0 Å². The highest BCUT2D eigenvalue weighted by Crippen LogP contribution is 2.18. The Bertz CT molecular complexity index is 480. The minimum atomic E-state index is 0.800. The van der Waals surface area contributed by atoms with E-state index in [-0.39, 0.29) is 0 Å². The van der Waals surface area contributed by atoms with Crippen molar-refractivity contribution in [3.63, 3.8) is 0 Å². The molecule has 2 rings (SSSR count). The number of benzene rings is 2. The van der Waals surface area contributed by atoms with E-state index in [2.05, 4.69) is 46.3 Å². The summed E-state index contributed by atoms with van der Waals surface area (Å²) in [6.07, 6.45) is 0.933. The molecule has 0 spiro atoms. The van der Waals surface area contributed by atoms with E-state index in [4.69, 9.17) is 11.6 Å². The fourth-order valence-electron chi connectivity index (χ4n) is 1.73. The average molecular weight is 296 g/mol. The third-order valence-electron chi connectivity index (χ3n) is 2.55. The summed E-state index contributed by atoms with van der Waals surface area (Å²) in [6.45, 7) is 0. The van der Waals surface area contributed by atoms with Crippen molar-refractivity contribution in [1.82, 2.24) is 0 Å². The molecule has 0 radical (unpaired) electrons. The number of alkyl halides is 1. The third kappa shape index (κ3) is 2.87. The SMILES string of the molecule is Clc1cccc(Cc2ccccc2CBr)c1. The van der Waals surface area contributed by atoms with Gasteiger partial charge in [-0.05, 0) is 35.2 Å². The standard InChI is InChI=1S/C14H12BrCl/c15-10-13-6-2-1-5-12(13)8-11-4-3-7-14(16)9-11/h1-7,9H,8,10H2. The van der Waals surface area contributed by atoms with Gasteiger partial charge in [0, 0.05) is 10.4 Å². The molecule has 16 heavy (non-hydrogen) atoms. The molecule has 0 aliphatic heterocycles. The van der Waals surface area contributed by atoms with Gasteiger partial charge >= 0.3 is 0 Å². The fourth-order valence-corrected chi connectivity index (χ4v) is 2.49. The first kappa shape index (κ1) is 11.7. The van der Waals surface area contributed by atoms with Crippen LogP contribution in [0.25, 0.3) is 0 Å². The van der Waals surface area contributed by atoms with Gasteiger partial charge in [-0.2, -0.15) is 0 Å². The summed E-state index contributed by atoms with van der Waals surface area (Å²) < 4.78 is 0. The molecule has 0 saturated carbocycles. The lowest BCUT2D eigenvalue weighted by Crippen LogP contribution is -1.93. The van der Waals surface area contributed by atoms with Crippen LogP contribution in [0.1, 0.15) is 16.7 Å². The zero-order valence-corrected chi connectivity index (χ0v) is 11.1. The van der Waals surface area contributed by atoms with E-state index in [9.17, 15) is 0 Å². The van der Waals surface area contributed by atoms with Crippen LogP contribution in [-0.4, -0.2) is 0 Å². The Morgan fingerprint density at radius 3 is 2.38 bits per heavy atom. The Balaban J connectivity index is 2.26. The Morgan fingerprint density at radius 2 is 1.69 bits per heavy atom. The number of halogens is 2. The number of rotatable bonds is 3. The molecule has 0 atom stereocenters. The molecular weight excluding hydrogens is 284 g/mol. The Hall–Kier alpha value is -0.790. The second-order valence-electron chi connectivity index (χ2n) is 3.71. The topological polar surface area (TPSA) is 0 Å². The predicted octanol–water partition coefficient (Wildman–Crippen LogP) is 4.83. The molecule has 0 fully saturated rings. The Labute approximate surface area is 109 Å². The molecule has 2 aromatic carbocycles. The molecule has 2 aromatic rings. The quantitative estimate of drug-likeness (QED) is 0.712. The van der Waals surface area contributed by atoms with Crippen LogP contribution in [0.2, 0.25) is 5.02 Å². The highest BCUT2D eigenvalue weighted by atomic mass is 79.9. The molecule has 0 N–H and O–H groups in total. The summed E-state index contributed by atoms with van der Waals surface area (Å²) in [5.74, 6) is 0. The number of hydrogen-bond acceptors (Lipinski definition) is 0. The molecular formula is C14H12BrCl. The summed E-state index contributed by atoms with van der Waals surface area (Å²) in [7, 11) is 0. The molecule has 0 aromatic heterocycles. The first-order valence-electron chi connectivity index (χ1n) is 5.17. The maximum Gasteiger partial charge on any atom is 0.0408 e. The van der Waals surface area contributed by atoms with Gasteiger partial charge in [0.2, 0.25) is 0 Å². The molecule has 0 amide bonds. The van der Waals surface area contributed by atoms with Gasteiger partial charge < -0.3 is 0 Å². The van der Waals surface area contributed by atoms with Crippen LogP contribution in [0.3, 0.4) is 0 Å². The lowest BCUT2D eigenvalue weighted by atomic mass is 10.0. The van der Waals surface area contributed by atoms with Crippen molar-refractivity contribution in [2.24, 2.45) is 0 Å². The van der Waals surface area contributed by atoms with Crippen molar-refractivity contribution in [2.75, 3.05) is 0 Å². The predicted molar refractivity (Wildman–Crippen MR) is 73.3 cm³/mol. The van der Waals surface area contributed by atoms with Gasteiger partial charge in [-0.3, -0.25) is 0 Å². The van der Waals surface area contributed by atoms with Gasteiger partial charge in [-0.15, -0.1) is 0 Å². The van der Waals surface area contributed by atoms with Crippen molar-refractivity contribution in [3.05, 3.63) is 70.2 Å². The van der Waals surface area contributed by atoms with E-state index >= 15 is 0 Å². The smallest absolute Gasteiger partial charge is 0.0408 e. The van der Waals surface area contributed by atoms with Crippen LogP contribution in [0, 0.1) is 0 Å². The molecule has 82 valence electrons. The lowest BCUT2D eigenvalue weighted by Gasteiger charge is -2.07. The fraction of sp³-hybridized carbons (Fsp3) is 0.143. The molecule has 2 heteroatoms. The van der Waals surface area contributed by atoms with Gasteiger partial charge in [0.15, 0.2) is 0 Å². The molecule has 0 bridgehead atoms. The maximum absolute atomic E-state index is 5.98. The molecule has 0 unspecified atom stereocenters. The second-order valence-corrected chi connectivity index (χ2v) is 4.71. The van der Waals surface area contributed by atoms with Crippen molar-refractivity contribution >= 4 is 27.5 Å². The van der Waals surface area contributed by atoms with Gasteiger partial charge in [-0.25, -0.2) is 0 Å². The van der Waals surface area contributed by atoms with Gasteiger partial charge in [0.25, 0.3) is 0 Å². The van der Waals surface area contributed by atoms with Crippen molar-refractivity contribution in [3.8, 4) is 0 Å². The zero-order valence-electron chi connectivity index (χ0n) is 8.79. The molecule has 0 saturated heterocycles. The average Bonchev–Trinajstić information content (AvgIpc) is 2.30. The Kier molecular flexibility index (Phi) is 4.03. The molecule has 0 nitrogen and oxygen atoms in total. The summed E-state index contributed by atoms with van der Waals surface area (Å²) in [4.78, 5) is 0. The molecule has 0 aliphatic carbocycles. The van der Waals surface area contributed by atoms with Gasteiger partial charge in [0.05, 0.1) is 0 Å². The summed E-state index contributed by atoms with van der Waals surface area (Å²) in [5, 5.41) is 1.69. The third-order valence-corrected chi connectivity index (χ3v) is 3.39. The van der Waals surface area contributed by atoms with Crippen molar-refractivity contribution < 1.29 is 0 Å². The summed E-state index contributed by atoms with van der Waals surface area (Å²) >= 11 is 9.49. The van der Waals surface area contributed by atoms with Gasteiger partial charge in [-0.1, -0.05) is 63.9 Å². The van der Waals surface area contributed by atoms with Crippen LogP contribution in [-0.2, 0) is 11.8 Å². The zero-order chi connectivity index (χ0) is 11.4. The molecule has 0 aliphatic rings. The summed E-state index contributed by atoms with van der Waals surface area (Å²) in [5.41, 5.74) is 3.94. The highest BCUT2D eigenvalue weighted by molar-refractivity contribution is 9.08. The largest absolute Gasteiger partial charge is 0.0876 e.